The summed E-state index contributed by atoms with van der Waals surface area (Å²) in [5.41, 5.74) is 4.51. The second-order valence-electron chi connectivity index (χ2n) is 8.24. The van der Waals surface area contributed by atoms with Gasteiger partial charge in [-0.25, -0.2) is 4.79 Å². The Labute approximate surface area is 163 Å². The van der Waals surface area contributed by atoms with E-state index in [0.29, 0.717) is 6.42 Å². The van der Waals surface area contributed by atoms with E-state index in [9.17, 15) is 14.7 Å². The number of carbonyl (C=O) groups excluding carboxylic acids is 1. The number of nitrogens with one attached hydrogen (secondary N) is 1. The lowest BCUT2D eigenvalue weighted by Crippen LogP contribution is -2.66. The summed E-state index contributed by atoms with van der Waals surface area (Å²) in [4.78, 5) is 23.9. The van der Waals surface area contributed by atoms with Crippen molar-refractivity contribution >= 4 is 12.1 Å². The van der Waals surface area contributed by atoms with Gasteiger partial charge in [-0.3, -0.25) is 4.79 Å². The molecule has 2 atom stereocenters. The van der Waals surface area contributed by atoms with Crippen LogP contribution in [0.2, 0.25) is 0 Å². The summed E-state index contributed by atoms with van der Waals surface area (Å²) in [5, 5.41) is 12.3. The molecule has 5 nitrogen and oxygen atoms in total. The van der Waals surface area contributed by atoms with E-state index in [4.69, 9.17) is 4.74 Å². The normalized spacial score (nSPS) is 23.9. The molecule has 2 saturated carbocycles. The number of fused-ring (bicyclic) bond motifs is 3. The summed E-state index contributed by atoms with van der Waals surface area (Å²) >= 11 is 0. The fraction of sp³-hybridized carbons (Fsp3) is 0.391. The van der Waals surface area contributed by atoms with Crippen molar-refractivity contribution in [2.75, 3.05) is 6.61 Å². The highest BCUT2D eigenvalue weighted by Gasteiger charge is 2.61. The van der Waals surface area contributed by atoms with Gasteiger partial charge in [0.25, 0.3) is 0 Å². The first-order valence-corrected chi connectivity index (χ1v) is 9.94. The molecule has 1 amide bonds. The van der Waals surface area contributed by atoms with E-state index in [1.54, 1.807) is 0 Å². The van der Waals surface area contributed by atoms with E-state index in [-0.39, 0.29) is 29.9 Å². The molecular weight excluding hydrogens is 354 g/mol. The summed E-state index contributed by atoms with van der Waals surface area (Å²) in [6.45, 7) is 0.280. The number of rotatable bonds is 4. The zero-order valence-corrected chi connectivity index (χ0v) is 15.6. The van der Waals surface area contributed by atoms with Crippen LogP contribution < -0.4 is 5.32 Å². The Balaban J connectivity index is 1.26. The lowest BCUT2D eigenvalue weighted by Gasteiger charge is -2.59. The molecule has 0 heterocycles. The highest BCUT2D eigenvalue weighted by molar-refractivity contribution is 5.79. The van der Waals surface area contributed by atoms with Crippen LogP contribution in [0.1, 0.15) is 42.7 Å². The minimum Gasteiger partial charge on any atom is -0.481 e. The highest BCUT2D eigenvalue weighted by Crippen LogP contribution is 2.59. The first kappa shape index (κ1) is 17.3. The molecule has 0 aromatic heterocycles. The van der Waals surface area contributed by atoms with E-state index in [2.05, 4.69) is 29.6 Å². The van der Waals surface area contributed by atoms with Crippen LogP contribution in [0.4, 0.5) is 4.79 Å². The van der Waals surface area contributed by atoms with Crippen LogP contribution in [0.25, 0.3) is 11.1 Å². The summed E-state index contributed by atoms with van der Waals surface area (Å²) in [7, 11) is 0. The molecule has 3 aliphatic carbocycles. The van der Waals surface area contributed by atoms with E-state index < -0.39 is 12.1 Å². The maximum Gasteiger partial charge on any atom is 0.407 e. The zero-order valence-electron chi connectivity index (χ0n) is 15.6. The van der Waals surface area contributed by atoms with Crippen molar-refractivity contribution in [1.29, 1.82) is 0 Å². The predicted octanol–water partition coefficient (Wildman–Crippen LogP) is 4.17. The largest absolute Gasteiger partial charge is 0.481 e. The maximum atomic E-state index is 12.5. The summed E-state index contributed by atoms with van der Waals surface area (Å²) < 4.78 is 5.61. The minimum atomic E-state index is -0.745. The minimum absolute atomic E-state index is 0.0315. The Kier molecular flexibility index (Phi) is 3.93. The van der Waals surface area contributed by atoms with E-state index in [1.165, 1.54) is 22.3 Å². The molecule has 2 fully saturated rings. The van der Waals surface area contributed by atoms with Gasteiger partial charge < -0.3 is 15.2 Å². The number of carbonyl (C=O) groups is 2. The van der Waals surface area contributed by atoms with Crippen molar-refractivity contribution in [1.82, 2.24) is 5.32 Å². The van der Waals surface area contributed by atoms with Crippen LogP contribution in [0.3, 0.4) is 0 Å². The SMILES string of the molecule is O=C(NC1CC(C(=O)O)C12CCC2)OCC1c2ccccc2-c2ccccc21. The molecule has 1 spiro atoms. The van der Waals surface area contributed by atoms with Crippen molar-refractivity contribution < 1.29 is 19.4 Å². The van der Waals surface area contributed by atoms with Crippen LogP contribution in [-0.4, -0.2) is 29.8 Å². The van der Waals surface area contributed by atoms with Gasteiger partial charge in [-0.15, -0.1) is 0 Å². The second kappa shape index (κ2) is 6.36. The van der Waals surface area contributed by atoms with Crippen molar-refractivity contribution in [3.8, 4) is 11.1 Å². The number of carboxylic acid groups (broad SMARTS) is 1. The zero-order chi connectivity index (χ0) is 19.3. The summed E-state index contributed by atoms with van der Waals surface area (Å²) in [5.74, 6) is -1.05. The van der Waals surface area contributed by atoms with Crippen molar-refractivity contribution in [2.45, 2.75) is 37.6 Å². The van der Waals surface area contributed by atoms with Gasteiger partial charge in [-0.1, -0.05) is 55.0 Å². The smallest absolute Gasteiger partial charge is 0.407 e. The summed E-state index contributed by atoms with van der Waals surface area (Å²) in [6.07, 6.45) is 2.84. The van der Waals surface area contributed by atoms with Crippen LogP contribution >= 0.6 is 0 Å². The van der Waals surface area contributed by atoms with Gasteiger partial charge >= 0.3 is 12.1 Å². The third-order valence-corrected chi connectivity index (χ3v) is 7.08. The molecule has 0 radical (unpaired) electrons. The van der Waals surface area contributed by atoms with Gasteiger partial charge in [-0.2, -0.15) is 0 Å². The molecule has 5 rings (SSSR count). The van der Waals surface area contributed by atoms with Crippen LogP contribution in [-0.2, 0) is 9.53 Å². The summed E-state index contributed by atoms with van der Waals surface area (Å²) in [6, 6.07) is 16.4. The van der Waals surface area contributed by atoms with E-state index in [0.717, 1.165) is 19.3 Å². The number of alkyl carbamates (subject to hydrolysis) is 1. The van der Waals surface area contributed by atoms with Gasteiger partial charge in [0, 0.05) is 17.4 Å². The van der Waals surface area contributed by atoms with Gasteiger partial charge in [-0.05, 0) is 41.5 Å². The Morgan fingerprint density at radius 1 is 1.04 bits per heavy atom. The number of hydrogen-bond donors (Lipinski definition) is 2. The number of benzene rings is 2. The predicted molar refractivity (Wildman–Crippen MR) is 104 cm³/mol. The van der Waals surface area contributed by atoms with Gasteiger partial charge in [0.2, 0.25) is 0 Å². The standard InChI is InChI=1S/C23H23NO4/c25-21(26)19-12-20(23(19)10-5-11-23)24-22(27)28-13-18-16-8-3-1-6-14(16)15-7-2-4-9-17(15)18/h1-4,6-9,18-20H,5,10-13H2,(H,24,27)(H,25,26). The number of hydrogen-bond acceptors (Lipinski definition) is 3. The average molecular weight is 377 g/mol. The Bertz CT molecular complexity index is 904. The van der Waals surface area contributed by atoms with Crippen molar-refractivity contribution in [3.05, 3.63) is 59.7 Å². The molecule has 2 unspecified atom stereocenters. The Morgan fingerprint density at radius 2 is 1.64 bits per heavy atom. The quantitative estimate of drug-likeness (QED) is 0.839. The molecule has 3 aliphatic rings. The maximum absolute atomic E-state index is 12.5. The van der Waals surface area contributed by atoms with Crippen LogP contribution in [0.5, 0.6) is 0 Å². The third-order valence-electron chi connectivity index (χ3n) is 7.08. The van der Waals surface area contributed by atoms with Crippen LogP contribution in [0.15, 0.2) is 48.5 Å². The molecule has 2 aromatic rings. The second-order valence-corrected chi connectivity index (χ2v) is 8.24. The van der Waals surface area contributed by atoms with Gasteiger partial charge in [0.05, 0.1) is 5.92 Å². The molecule has 28 heavy (non-hydrogen) atoms. The first-order chi connectivity index (χ1) is 13.6. The fourth-order valence-electron chi connectivity index (χ4n) is 5.40. The molecule has 0 saturated heterocycles. The fourth-order valence-corrected chi connectivity index (χ4v) is 5.40. The Hall–Kier alpha value is -2.82. The molecule has 5 heteroatoms. The first-order valence-electron chi connectivity index (χ1n) is 9.94. The molecular formula is C23H23NO4. The number of amides is 1. The molecule has 2 aromatic carbocycles. The van der Waals surface area contributed by atoms with Crippen LogP contribution in [0, 0.1) is 11.3 Å². The molecule has 0 aliphatic heterocycles. The molecule has 0 bridgehead atoms. The lowest BCUT2D eigenvalue weighted by atomic mass is 9.47. The number of aliphatic carboxylic acids is 1. The van der Waals surface area contributed by atoms with E-state index in [1.807, 2.05) is 24.3 Å². The third kappa shape index (κ3) is 2.45. The van der Waals surface area contributed by atoms with Gasteiger partial charge in [0.1, 0.15) is 6.61 Å². The number of ether oxygens (including phenoxy) is 1. The highest BCUT2D eigenvalue weighted by atomic mass is 16.5. The van der Waals surface area contributed by atoms with Crippen molar-refractivity contribution in [3.63, 3.8) is 0 Å². The average Bonchev–Trinajstić information content (AvgIpc) is 2.95. The lowest BCUT2D eigenvalue weighted by molar-refractivity contribution is -0.167. The molecule has 144 valence electrons. The van der Waals surface area contributed by atoms with Gasteiger partial charge in [0.15, 0.2) is 0 Å². The Morgan fingerprint density at radius 3 is 2.18 bits per heavy atom. The topological polar surface area (TPSA) is 75.6 Å². The van der Waals surface area contributed by atoms with E-state index >= 15 is 0 Å². The van der Waals surface area contributed by atoms with Crippen molar-refractivity contribution in [2.24, 2.45) is 11.3 Å². The number of carboxylic acids is 1. The molecule has 2 N–H and O–H groups in total. The monoisotopic (exact) mass is 377 g/mol.